The van der Waals surface area contributed by atoms with Gasteiger partial charge in [-0.1, -0.05) is 19.1 Å². The van der Waals surface area contributed by atoms with E-state index in [1.165, 1.54) is 0 Å². The lowest BCUT2D eigenvalue weighted by Gasteiger charge is -2.16. The summed E-state index contributed by atoms with van der Waals surface area (Å²) in [5, 5.41) is 18.1. The zero-order chi connectivity index (χ0) is 10.3. The van der Waals surface area contributed by atoms with E-state index in [0.29, 0.717) is 5.92 Å². The van der Waals surface area contributed by atoms with Gasteiger partial charge in [-0.05, 0) is 38.5 Å². The van der Waals surface area contributed by atoms with Gasteiger partial charge in [-0.3, -0.25) is 0 Å². The number of unbranched alkanes of at least 4 members (excludes halogenated alkanes) is 1. The topological polar surface area (TPSA) is 40.5 Å². The minimum absolute atomic E-state index is 0.225. The summed E-state index contributed by atoms with van der Waals surface area (Å²) in [4.78, 5) is 0. The molecule has 78 valence electrons. The van der Waals surface area contributed by atoms with Crippen LogP contribution < -0.4 is 0 Å². The van der Waals surface area contributed by atoms with E-state index >= 15 is 0 Å². The van der Waals surface area contributed by atoms with Gasteiger partial charge in [0.05, 0.1) is 6.10 Å². The van der Waals surface area contributed by atoms with Crippen molar-refractivity contribution in [2.45, 2.75) is 45.6 Å². The summed E-state index contributed by atoms with van der Waals surface area (Å²) in [6.07, 6.45) is 3.04. The molecule has 0 heterocycles. The molecule has 0 amide bonds. The molecule has 0 saturated carbocycles. The Morgan fingerprint density at radius 3 is 2.46 bits per heavy atom. The lowest BCUT2D eigenvalue weighted by molar-refractivity contribution is 0.136. The average Bonchev–Trinajstić information content (AvgIpc) is 2.04. The summed E-state index contributed by atoms with van der Waals surface area (Å²) >= 11 is 0. The maximum atomic E-state index is 9.57. The van der Waals surface area contributed by atoms with E-state index in [0.717, 1.165) is 31.3 Å². The number of hydrogen-bond acceptors (Lipinski definition) is 2. The molecule has 0 aromatic rings. The van der Waals surface area contributed by atoms with Gasteiger partial charge < -0.3 is 10.2 Å². The quantitative estimate of drug-likeness (QED) is 0.472. The number of rotatable bonds is 7. The van der Waals surface area contributed by atoms with Crippen LogP contribution in [-0.2, 0) is 0 Å². The van der Waals surface area contributed by atoms with Crippen molar-refractivity contribution < 1.29 is 10.2 Å². The second-order valence-electron chi connectivity index (χ2n) is 3.86. The molecular weight excluding hydrogens is 164 g/mol. The molecule has 2 nitrogen and oxygen atoms in total. The smallest absolute Gasteiger partial charge is 0.0545 e. The highest BCUT2D eigenvalue weighted by atomic mass is 16.3. The Morgan fingerprint density at radius 1 is 1.38 bits per heavy atom. The molecule has 0 fully saturated rings. The van der Waals surface area contributed by atoms with Crippen molar-refractivity contribution in [1.29, 1.82) is 0 Å². The van der Waals surface area contributed by atoms with Crippen LogP contribution in [0.3, 0.4) is 0 Å². The molecule has 0 aromatic carbocycles. The Bertz CT molecular complexity index is 143. The fourth-order valence-electron chi connectivity index (χ4n) is 1.22. The average molecular weight is 186 g/mol. The van der Waals surface area contributed by atoms with Crippen molar-refractivity contribution in [3.63, 3.8) is 0 Å². The zero-order valence-electron chi connectivity index (χ0n) is 8.79. The Balaban J connectivity index is 3.49. The predicted molar refractivity (Wildman–Crippen MR) is 55.5 cm³/mol. The Hall–Kier alpha value is -0.340. The molecule has 0 aliphatic heterocycles. The third-order valence-corrected chi connectivity index (χ3v) is 2.41. The first kappa shape index (κ1) is 12.7. The maximum Gasteiger partial charge on any atom is 0.0545 e. The second-order valence-corrected chi connectivity index (χ2v) is 3.86. The Morgan fingerprint density at radius 2 is 2.00 bits per heavy atom. The molecule has 0 radical (unpaired) electrons. The fraction of sp³-hybridized carbons (Fsp3) is 0.818. The van der Waals surface area contributed by atoms with Gasteiger partial charge in [0, 0.05) is 6.61 Å². The van der Waals surface area contributed by atoms with Crippen molar-refractivity contribution >= 4 is 0 Å². The summed E-state index contributed by atoms with van der Waals surface area (Å²) in [6, 6.07) is 0. The SMILES string of the molecule is C=C(C)[C@@H](C)C[C@H](O)CCCCO. The van der Waals surface area contributed by atoms with Gasteiger partial charge in [0.25, 0.3) is 0 Å². The van der Waals surface area contributed by atoms with E-state index < -0.39 is 0 Å². The molecule has 0 bridgehead atoms. The lowest BCUT2D eigenvalue weighted by Crippen LogP contribution is -2.12. The monoisotopic (exact) mass is 186 g/mol. The van der Waals surface area contributed by atoms with Crippen molar-refractivity contribution in [3.05, 3.63) is 12.2 Å². The normalized spacial score (nSPS) is 15.4. The molecule has 0 spiro atoms. The Labute approximate surface area is 81.3 Å². The second kappa shape index (κ2) is 7.10. The molecule has 0 rings (SSSR count). The van der Waals surface area contributed by atoms with E-state index in [1.54, 1.807) is 0 Å². The minimum Gasteiger partial charge on any atom is -0.396 e. The van der Waals surface area contributed by atoms with Gasteiger partial charge in [0.15, 0.2) is 0 Å². The molecule has 0 saturated heterocycles. The van der Waals surface area contributed by atoms with Crippen molar-refractivity contribution in [2.24, 2.45) is 5.92 Å². The first-order valence-corrected chi connectivity index (χ1v) is 5.02. The zero-order valence-corrected chi connectivity index (χ0v) is 8.79. The molecule has 0 unspecified atom stereocenters. The van der Waals surface area contributed by atoms with Crippen LogP contribution in [0.4, 0.5) is 0 Å². The molecule has 2 atom stereocenters. The maximum absolute atomic E-state index is 9.57. The molecule has 2 N–H and O–H groups in total. The van der Waals surface area contributed by atoms with Gasteiger partial charge in [0.1, 0.15) is 0 Å². The largest absolute Gasteiger partial charge is 0.396 e. The van der Waals surface area contributed by atoms with E-state index in [-0.39, 0.29) is 12.7 Å². The number of allylic oxidation sites excluding steroid dienone is 1. The third kappa shape index (κ3) is 6.79. The molecule has 2 heteroatoms. The highest BCUT2D eigenvalue weighted by Gasteiger charge is 2.09. The van der Waals surface area contributed by atoms with Crippen LogP contribution in [0.5, 0.6) is 0 Å². The van der Waals surface area contributed by atoms with Gasteiger partial charge in [-0.15, -0.1) is 0 Å². The van der Waals surface area contributed by atoms with Crippen molar-refractivity contribution in [2.75, 3.05) is 6.61 Å². The number of aliphatic hydroxyl groups excluding tert-OH is 2. The van der Waals surface area contributed by atoms with E-state index in [9.17, 15) is 5.11 Å². The fourth-order valence-corrected chi connectivity index (χ4v) is 1.22. The highest BCUT2D eigenvalue weighted by molar-refractivity contribution is 4.94. The van der Waals surface area contributed by atoms with Crippen LogP contribution in [0.1, 0.15) is 39.5 Å². The molecule has 0 aromatic heterocycles. The summed E-state index contributed by atoms with van der Waals surface area (Å²) in [5.41, 5.74) is 1.13. The summed E-state index contributed by atoms with van der Waals surface area (Å²) < 4.78 is 0. The number of aliphatic hydroxyl groups is 2. The molecule has 13 heavy (non-hydrogen) atoms. The van der Waals surface area contributed by atoms with Crippen LogP contribution in [0.25, 0.3) is 0 Å². The van der Waals surface area contributed by atoms with E-state index in [2.05, 4.69) is 13.5 Å². The van der Waals surface area contributed by atoms with Gasteiger partial charge in [-0.2, -0.15) is 0 Å². The first-order chi connectivity index (χ1) is 6.07. The van der Waals surface area contributed by atoms with E-state index in [4.69, 9.17) is 5.11 Å². The van der Waals surface area contributed by atoms with Crippen LogP contribution in [0.2, 0.25) is 0 Å². The van der Waals surface area contributed by atoms with Crippen LogP contribution in [-0.4, -0.2) is 22.9 Å². The Kier molecular flexibility index (Phi) is 6.92. The van der Waals surface area contributed by atoms with Crippen molar-refractivity contribution in [3.8, 4) is 0 Å². The predicted octanol–water partition coefficient (Wildman–Crippen LogP) is 2.11. The van der Waals surface area contributed by atoms with Gasteiger partial charge in [0.2, 0.25) is 0 Å². The summed E-state index contributed by atoms with van der Waals surface area (Å²) in [7, 11) is 0. The highest BCUT2D eigenvalue weighted by Crippen LogP contribution is 2.16. The molecule has 0 aliphatic rings. The molecular formula is C11H22O2. The first-order valence-electron chi connectivity index (χ1n) is 5.02. The lowest BCUT2D eigenvalue weighted by atomic mass is 9.95. The summed E-state index contributed by atoms with van der Waals surface area (Å²) in [6.45, 7) is 8.15. The minimum atomic E-state index is -0.238. The standard InChI is InChI=1S/C11H22O2/c1-9(2)10(3)8-11(13)6-4-5-7-12/h10-13H,1,4-8H2,2-3H3/t10-,11+/m0/s1. The van der Waals surface area contributed by atoms with Crippen molar-refractivity contribution in [1.82, 2.24) is 0 Å². The van der Waals surface area contributed by atoms with Crippen LogP contribution in [0.15, 0.2) is 12.2 Å². The van der Waals surface area contributed by atoms with Gasteiger partial charge >= 0.3 is 0 Å². The van der Waals surface area contributed by atoms with Crippen LogP contribution in [0, 0.1) is 5.92 Å². The summed E-state index contributed by atoms with van der Waals surface area (Å²) in [5.74, 6) is 0.393. The third-order valence-electron chi connectivity index (χ3n) is 2.41. The number of hydrogen-bond donors (Lipinski definition) is 2. The van der Waals surface area contributed by atoms with Gasteiger partial charge in [-0.25, -0.2) is 0 Å². The molecule has 0 aliphatic carbocycles. The van der Waals surface area contributed by atoms with E-state index in [1.807, 2.05) is 6.92 Å². The van der Waals surface area contributed by atoms with Crippen LogP contribution >= 0.6 is 0 Å².